The Morgan fingerprint density at radius 1 is 1.00 bits per heavy atom. The largest absolute Gasteiger partial charge is 0.438 e. The average molecular weight is 303 g/mol. The summed E-state index contributed by atoms with van der Waals surface area (Å²) in [5, 5.41) is 0. The first kappa shape index (κ1) is 14.6. The minimum Gasteiger partial charge on any atom is -0.438 e. The first-order chi connectivity index (χ1) is 10.6. The molecule has 3 nitrogen and oxygen atoms in total. The summed E-state index contributed by atoms with van der Waals surface area (Å²) in [5.41, 5.74) is 0.730. The summed E-state index contributed by atoms with van der Waals surface area (Å²) in [6, 6.07) is 0. The second-order valence-electron chi connectivity index (χ2n) is 8.29. The number of rotatable bonds is 2. The quantitative estimate of drug-likeness (QED) is 0.708. The van der Waals surface area contributed by atoms with Gasteiger partial charge in [-0.15, -0.1) is 0 Å². The maximum absolute atomic E-state index is 12.8. The van der Waals surface area contributed by atoms with Gasteiger partial charge in [0.25, 0.3) is 0 Å². The number of hydrogen-bond acceptors (Lipinski definition) is 2. The van der Waals surface area contributed by atoms with Crippen molar-refractivity contribution in [3.8, 4) is 0 Å². The van der Waals surface area contributed by atoms with Crippen LogP contribution in [0.3, 0.4) is 0 Å². The van der Waals surface area contributed by atoms with Crippen molar-refractivity contribution < 1.29 is 9.53 Å². The van der Waals surface area contributed by atoms with Crippen LogP contribution in [0.5, 0.6) is 0 Å². The van der Waals surface area contributed by atoms with Crippen LogP contribution >= 0.6 is 0 Å². The summed E-state index contributed by atoms with van der Waals surface area (Å²) in [6.45, 7) is 8.10. The number of likely N-dealkylation sites (tertiary alicyclic amines) is 1. The van der Waals surface area contributed by atoms with Gasteiger partial charge in [0.2, 0.25) is 0 Å². The summed E-state index contributed by atoms with van der Waals surface area (Å²) >= 11 is 0. The van der Waals surface area contributed by atoms with E-state index in [1.807, 2.05) is 4.90 Å². The van der Waals surface area contributed by atoms with Crippen molar-refractivity contribution in [2.75, 3.05) is 13.1 Å². The molecule has 5 aliphatic rings. The highest BCUT2D eigenvalue weighted by atomic mass is 16.6. The molecule has 5 rings (SSSR count). The van der Waals surface area contributed by atoms with Gasteiger partial charge in [0, 0.05) is 24.9 Å². The Hall–Kier alpha value is -0.990. The lowest BCUT2D eigenvalue weighted by Gasteiger charge is -2.60. The third-order valence-electron chi connectivity index (χ3n) is 6.89. The number of carbonyl (C=O) groups excluding carboxylic acids is 1. The zero-order chi connectivity index (χ0) is 15.3. The molecule has 0 aromatic carbocycles. The van der Waals surface area contributed by atoms with Crippen LogP contribution in [-0.2, 0) is 4.74 Å². The van der Waals surface area contributed by atoms with Crippen molar-refractivity contribution >= 4 is 6.09 Å². The predicted molar refractivity (Wildman–Crippen MR) is 86.5 cm³/mol. The summed E-state index contributed by atoms with van der Waals surface area (Å²) in [4.78, 5) is 14.7. The number of amides is 1. The molecule has 3 heteroatoms. The molecule has 122 valence electrons. The van der Waals surface area contributed by atoms with Crippen molar-refractivity contribution in [2.45, 2.75) is 63.9 Å². The van der Waals surface area contributed by atoms with E-state index in [-0.39, 0.29) is 11.7 Å². The van der Waals surface area contributed by atoms with E-state index in [0.717, 1.165) is 43.3 Å². The molecule has 4 aliphatic carbocycles. The van der Waals surface area contributed by atoms with E-state index in [4.69, 9.17) is 4.74 Å². The highest BCUT2D eigenvalue weighted by Crippen LogP contribution is 2.61. The summed E-state index contributed by atoms with van der Waals surface area (Å²) in [7, 11) is 0. The van der Waals surface area contributed by atoms with Gasteiger partial charge in [-0.25, -0.2) is 4.79 Å². The van der Waals surface area contributed by atoms with E-state index in [1.54, 1.807) is 0 Å². The molecule has 0 aromatic rings. The van der Waals surface area contributed by atoms with Gasteiger partial charge in [-0.05, 0) is 75.7 Å². The van der Waals surface area contributed by atoms with Crippen molar-refractivity contribution in [3.05, 3.63) is 12.2 Å². The zero-order valence-electron chi connectivity index (χ0n) is 13.9. The first-order valence-corrected chi connectivity index (χ1v) is 9.23. The van der Waals surface area contributed by atoms with E-state index in [2.05, 4.69) is 13.5 Å². The molecular weight excluding hydrogens is 274 g/mol. The highest BCUT2D eigenvalue weighted by molar-refractivity contribution is 5.69. The average Bonchev–Trinajstić information content (AvgIpc) is 2.50. The van der Waals surface area contributed by atoms with Crippen LogP contribution in [0.4, 0.5) is 4.79 Å². The number of hydrogen-bond donors (Lipinski definition) is 0. The topological polar surface area (TPSA) is 29.5 Å². The Balaban J connectivity index is 1.58. The SMILES string of the molecule is C=C(C)C1(OC(=O)N2CCCCC2)C2CC3CC(C2)CC1C3. The molecule has 1 saturated heterocycles. The van der Waals surface area contributed by atoms with Gasteiger partial charge < -0.3 is 9.64 Å². The first-order valence-electron chi connectivity index (χ1n) is 9.23. The van der Waals surface area contributed by atoms with Crippen molar-refractivity contribution in [2.24, 2.45) is 23.7 Å². The van der Waals surface area contributed by atoms with E-state index in [0.29, 0.717) is 11.8 Å². The molecule has 0 aromatic heterocycles. The molecule has 0 N–H and O–H groups in total. The van der Waals surface area contributed by atoms with Crippen molar-refractivity contribution in [3.63, 3.8) is 0 Å². The second kappa shape index (κ2) is 5.28. The third kappa shape index (κ3) is 2.11. The molecule has 0 atom stereocenters. The lowest BCUT2D eigenvalue weighted by molar-refractivity contribution is -0.156. The molecule has 1 amide bonds. The van der Waals surface area contributed by atoms with Gasteiger partial charge in [0.05, 0.1) is 0 Å². The Kier molecular flexibility index (Phi) is 3.50. The Bertz CT molecular complexity index is 450. The third-order valence-corrected chi connectivity index (χ3v) is 6.89. The summed E-state index contributed by atoms with van der Waals surface area (Å²) in [6.07, 6.45) is 9.79. The normalized spacial score (nSPS) is 43.2. The number of ether oxygens (including phenoxy) is 1. The molecule has 4 saturated carbocycles. The molecule has 0 radical (unpaired) electrons. The fraction of sp³-hybridized carbons (Fsp3) is 0.842. The number of nitrogens with zero attached hydrogens (tertiary/aromatic N) is 1. The van der Waals surface area contributed by atoms with E-state index in [9.17, 15) is 4.79 Å². The van der Waals surface area contributed by atoms with Crippen molar-refractivity contribution in [1.29, 1.82) is 0 Å². The monoisotopic (exact) mass is 303 g/mol. The van der Waals surface area contributed by atoms with Crippen LogP contribution in [0.1, 0.15) is 58.3 Å². The molecular formula is C19H29NO2. The van der Waals surface area contributed by atoms with E-state index in [1.165, 1.54) is 38.5 Å². The molecule has 4 bridgehead atoms. The lowest BCUT2D eigenvalue weighted by atomic mass is 9.48. The summed E-state index contributed by atoms with van der Waals surface area (Å²) < 4.78 is 6.30. The zero-order valence-corrected chi connectivity index (χ0v) is 13.9. The molecule has 0 spiro atoms. The maximum atomic E-state index is 12.8. The van der Waals surface area contributed by atoms with Gasteiger partial charge in [-0.2, -0.15) is 0 Å². The van der Waals surface area contributed by atoms with Crippen LogP contribution in [0.15, 0.2) is 12.2 Å². The predicted octanol–water partition coefficient (Wildman–Crippen LogP) is 4.38. The van der Waals surface area contributed by atoms with Crippen LogP contribution in [-0.4, -0.2) is 29.7 Å². The van der Waals surface area contributed by atoms with Gasteiger partial charge in [0.15, 0.2) is 0 Å². The standard InChI is InChI=1S/C19H29NO2/c1-13(2)19(22-18(21)20-6-4-3-5-7-20)16-9-14-8-15(11-16)12-17(19)10-14/h14-17H,1,3-12H2,2H3. The van der Waals surface area contributed by atoms with Crippen LogP contribution < -0.4 is 0 Å². The maximum Gasteiger partial charge on any atom is 0.410 e. The van der Waals surface area contributed by atoms with E-state index >= 15 is 0 Å². The Labute approximate surface area is 134 Å². The Morgan fingerprint density at radius 3 is 2.05 bits per heavy atom. The smallest absolute Gasteiger partial charge is 0.410 e. The van der Waals surface area contributed by atoms with Gasteiger partial charge >= 0.3 is 6.09 Å². The van der Waals surface area contributed by atoms with Crippen LogP contribution in [0, 0.1) is 23.7 Å². The minimum atomic E-state index is -0.359. The van der Waals surface area contributed by atoms with Gasteiger partial charge in [-0.1, -0.05) is 6.58 Å². The molecule has 22 heavy (non-hydrogen) atoms. The molecule has 1 aliphatic heterocycles. The van der Waals surface area contributed by atoms with Gasteiger partial charge in [-0.3, -0.25) is 0 Å². The van der Waals surface area contributed by atoms with E-state index < -0.39 is 0 Å². The summed E-state index contributed by atoms with van der Waals surface area (Å²) in [5.74, 6) is 2.80. The molecule has 0 unspecified atom stereocenters. The minimum absolute atomic E-state index is 0.0739. The fourth-order valence-corrected chi connectivity index (χ4v) is 6.12. The second-order valence-corrected chi connectivity index (χ2v) is 8.29. The lowest BCUT2D eigenvalue weighted by Crippen LogP contribution is -2.61. The molecule has 1 heterocycles. The molecule has 5 fully saturated rings. The number of carbonyl (C=O) groups is 1. The van der Waals surface area contributed by atoms with Crippen molar-refractivity contribution in [1.82, 2.24) is 4.90 Å². The fourth-order valence-electron chi connectivity index (χ4n) is 6.12. The van der Waals surface area contributed by atoms with Gasteiger partial charge in [0.1, 0.15) is 5.60 Å². The number of piperidine rings is 1. The Morgan fingerprint density at radius 2 is 1.55 bits per heavy atom. The van der Waals surface area contributed by atoms with Crippen LogP contribution in [0.2, 0.25) is 0 Å². The van der Waals surface area contributed by atoms with Crippen LogP contribution in [0.25, 0.3) is 0 Å². The highest BCUT2D eigenvalue weighted by Gasteiger charge is 2.60.